The molecule has 0 radical (unpaired) electrons. The Morgan fingerprint density at radius 1 is 1.21 bits per heavy atom. The molecule has 1 heterocycles. The van der Waals surface area contributed by atoms with Gasteiger partial charge in [0.15, 0.2) is 0 Å². The van der Waals surface area contributed by atoms with Gasteiger partial charge in [0.25, 0.3) is 5.91 Å². The number of carbonyl (C=O) groups is 1. The number of rotatable bonds is 1. The van der Waals surface area contributed by atoms with Gasteiger partial charge in [-0.05, 0) is 42.7 Å². The van der Waals surface area contributed by atoms with Gasteiger partial charge in [-0.2, -0.15) is 0 Å². The molecule has 0 spiro atoms. The van der Waals surface area contributed by atoms with Crippen LogP contribution in [0.2, 0.25) is 5.02 Å². The smallest absolute Gasteiger partial charge is 0.259 e. The molecule has 2 nitrogen and oxygen atoms in total. The Morgan fingerprint density at radius 3 is 2.79 bits per heavy atom. The third-order valence-electron chi connectivity index (χ3n) is 3.49. The van der Waals surface area contributed by atoms with Crippen LogP contribution in [-0.4, -0.2) is 12.5 Å². The van der Waals surface area contributed by atoms with Crippen LogP contribution in [-0.2, 0) is 6.42 Å². The summed E-state index contributed by atoms with van der Waals surface area (Å²) in [6, 6.07) is 13.6. The van der Waals surface area contributed by atoms with Crippen LogP contribution < -0.4 is 4.90 Å². The minimum Gasteiger partial charge on any atom is -0.308 e. The zero-order valence-electron chi connectivity index (χ0n) is 10.7. The Bertz CT molecular complexity index is 651. The number of benzene rings is 2. The molecule has 0 atom stereocenters. The molecule has 1 amide bonds. The van der Waals surface area contributed by atoms with E-state index in [4.69, 9.17) is 11.6 Å². The lowest BCUT2D eigenvalue weighted by Gasteiger charge is -2.18. The summed E-state index contributed by atoms with van der Waals surface area (Å²) in [5.41, 5.74) is 3.86. The molecule has 0 saturated heterocycles. The maximum atomic E-state index is 12.6. The lowest BCUT2D eigenvalue weighted by molar-refractivity contribution is 0.0989. The Balaban J connectivity index is 1.98. The molecule has 19 heavy (non-hydrogen) atoms. The summed E-state index contributed by atoms with van der Waals surface area (Å²) in [4.78, 5) is 14.4. The van der Waals surface area contributed by atoms with Crippen molar-refractivity contribution in [2.45, 2.75) is 13.3 Å². The van der Waals surface area contributed by atoms with Crippen LogP contribution >= 0.6 is 11.6 Å². The topological polar surface area (TPSA) is 20.3 Å². The van der Waals surface area contributed by atoms with Crippen LogP contribution in [0.5, 0.6) is 0 Å². The molecule has 3 rings (SSSR count). The first-order valence-electron chi connectivity index (χ1n) is 6.33. The van der Waals surface area contributed by atoms with Gasteiger partial charge in [-0.1, -0.05) is 35.9 Å². The highest BCUT2D eigenvalue weighted by Crippen LogP contribution is 2.30. The highest BCUT2D eigenvalue weighted by molar-refractivity contribution is 6.34. The van der Waals surface area contributed by atoms with E-state index in [2.05, 4.69) is 6.07 Å². The molecule has 0 fully saturated rings. The van der Waals surface area contributed by atoms with Crippen LogP contribution in [0.15, 0.2) is 42.5 Å². The first-order valence-corrected chi connectivity index (χ1v) is 6.70. The first-order chi connectivity index (χ1) is 9.16. The number of aryl methyl sites for hydroxylation is 1. The molecule has 96 valence electrons. The second-order valence-corrected chi connectivity index (χ2v) is 5.23. The lowest BCUT2D eigenvalue weighted by atomic mass is 10.1. The minimum absolute atomic E-state index is 0.0186. The number of halogens is 1. The zero-order chi connectivity index (χ0) is 13.4. The monoisotopic (exact) mass is 271 g/mol. The Kier molecular flexibility index (Phi) is 3.03. The summed E-state index contributed by atoms with van der Waals surface area (Å²) in [6.07, 6.45) is 0.908. The van der Waals surface area contributed by atoms with Gasteiger partial charge >= 0.3 is 0 Å². The fourth-order valence-electron chi connectivity index (χ4n) is 2.49. The van der Waals surface area contributed by atoms with E-state index in [0.29, 0.717) is 10.6 Å². The molecule has 0 saturated carbocycles. The number of fused-ring (bicyclic) bond motifs is 1. The molecule has 0 bridgehead atoms. The van der Waals surface area contributed by atoms with Crippen molar-refractivity contribution in [2.75, 3.05) is 11.4 Å². The molecule has 0 unspecified atom stereocenters. The van der Waals surface area contributed by atoms with Crippen molar-refractivity contribution < 1.29 is 4.79 Å². The van der Waals surface area contributed by atoms with Crippen molar-refractivity contribution >= 4 is 23.2 Å². The largest absolute Gasteiger partial charge is 0.308 e. The zero-order valence-corrected chi connectivity index (χ0v) is 11.4. The minimum atomic E-state index is -0.0186. The van der Waals surface area contributed by atoms with Gasteiger partial charge in [-0.15, -0.1) is 0 Å². The van der Waals surface area contributed by atoms with E-state index in [-0.39, 0.29) is 5.91 Å². The summed E-state index contributed by atoms with van der Waals surface area (Å²) < 4.78 is 0. The SMILES string of the molecule is Cc1ccc(C(=O)N2CCc3ccccc32)c(Cl)c1. The summed E-state index contributed by atoms with van der Waals surface area (Å²) in [6.45, 7) is 2.69. The third kappa shape index (κ3) is 2.13. The van der Waals surface area contributed by atoms with Crippen molar-refractivity contribution in [2.24, 2.45) is 0 Å². The summed E-state index contributed by atoms with van der Waals surface area (Å²) >= 11 is 6.18. The number of hydrogen-bond acceptors (Lipinski definition) is 1. The predicted molar refractivity (Wildman–Crippen MR) is 78.0 cm³/mol. The van der Waals surface area contributed by atoms with Gasteiger partial charge in [0.05, 0.1) is 10.6 Å². The number of hydrogen-bond donors (Lipinski definition) is 0. The molecule has 3 heteroatoms. The van der Waals surface area contributed by atoms with Crippen LogP contribution in [0, 0.1) is 6.92 Å². The highest BCUT2D eigenvalue weighted by Gasteiger charge is 2.26. The molecule has 1 aliphatic heterocycles. The second-order valence-electron chi connectivity index (χ2n) is 4.82. The van der Waals surface area contributed by atoms with E-state index in [0.717, 1.165) is 24.2 Å². The molecule has 0 aromatic heterocycles. The fourth-order valence-corrected chi connectivity index (χ4v) is 2.80. The predicted octanol–water partition coefficient (Wildman–Crippen LogP) is 3.85. The maximum Gasteiger partial charge on any atom is 0.259 e. The van der Waals surface area contributed by atoms with Gasteiger partial charge in [0.2, 0.25) is 0 Å². The van der Waals surface area contributed by atoms with Crippen molar-refractivity contribution in [1.82, 2.24) is 0 Å². The maximum absolute atomic E-state index is 12.6. The quantitative estimate of drug-likeness (QED) is 0.771. The molecule has 1 aliphatic rings. The van der Waals surface area contributed by atoms with E-state index in [1.807, 2.05) is 42.2 Å². The van der Waals surface area contributed by atoms with Crippen LogP contribution in [0.3, 0.4) is 0 Å². The van der Waals surface area contributed by atoms with Crippen LogP contribution in [0.25, 0.3) is 0 Å². The number of amides is 1. The molecule has 2 aromatic rings. The van der Waals surface area contributed by atoms with E-state index in [1.165, 1.54) is 5.56 Å². The summed E-state index contributed by atoms with van der Waals surface area (Å²) in [7, 11) is 0. The van der Waals surface area contributed by atoms with E-state index >= 15 is 0 Å². The average molecular weight is 272 g/mol. The second kappa shape index (κ2) is 4.71. The third-order valence-corrected chi connectivity index (χ3v) is 3.80. The molecular weight excluding hydrogens is 258 g/mol. The van der Waals surface area contributed by atoms with Crippen LogP contribution in [0.1, 0.15) is 21.5 Å². The fraction of sp³-hybridized carbons (Fsp3) is 0.188. The number of para-hydroxylation sites is 1. The Hall–Kier alpha value is -1.80. The summed E-state index contributed by atoms with van der Waals surface area (Å²) in [5, 5.41) is 0.523. The van der Waals surface area contributed by atoms with Gasteiger partial charge < -0.3 is 4.90 Å². The molecule has 2 aromatic carbocycles. The standard InChI is InChI=1S/C16H14ClNO/c1-11-6-7-13(14(17)10-11)16(19)18-9-8-12-4-2-3-5-15(12)18/h2-7,10H,8-9H2,1H3. The van der Waals surface area contributed by atoms with Crippen molar-refractivity contribution in [1.29, 1.82) is 0 Å². The van der Waals surface area contributed by atoms with Crippen molar-refractivity contribution in [3.63, 3.8) is 0 Å². The molecular formula is C16H14ClNO. The first kappa shape index (κ1) is 12.2. The molecule has 0 N–H and O–H groups in total. The van der Waals surface area contributed by atoms with Crippen molar-refractivity contribution in [3.05, 3.63) is 64.2 Å². The van der Waals surface area contributed by atoms with Gasteiger partial charge in [-0.25, -0.2) is 0 Å². The Labute approximate surface area is 117 Å². The van der Waals surface area contributed by atoms with Gasteiger partial charge in [0, 0.05) is 12.2 Å². The normalized spacial score (nSPS) is 13.5. The number of anilines is 1. The lowest BCUT2D eigenvalue weighted by Crippen LogP contribution is -2.29. The van der Waals surface area contributed by atoms with Gasteiger partial charge in [0.1, 0.15) is 0 Å². The van der Waals surface area contributed by atoms with Crippen LogP contribution in [0.4, 0.5) is 5.69 Å². The van der Waals surface area contributed by atoms with E-state index < -0.39 is 0 Å². The number of carbonyl (C=O) groups excluding carboxylic acids is 1. The van der Waals surface area contributed by atoms with E-state index in [9.17, 15) is 4.79 Å². The average Bonchev–Trinajstić information content (AvgIpc) is 2.82. The number of nitrogens with zero attached hydrogens (tertiary/aromatic N) is 1. The van der Waals surface area contributed by atoms with Crippen molar-refractivity contribution in [3.8, 4) is 0 Å². The Morgan fingerprint density at radius 2 is 2.00 bits per heavy atom. The highest BCUT2D eigenvalue weighted by atomic mass is 35.5. The van der Waals surface area contributed by atoms with E-state index in [1.54, 1.807) is 6.07 Å². The van der Waals surface area contributed by atoms with Gasteiger partial charge in [-0.3, -0.25) is 4.79 Å². The summed E-state index contributed by atoms with van der Waals surface area (Å²) in [5.74, 6) is -0.0186. The molecule has 0 aliphatic carbocycles.